The van der Waals surface area contributed by atoms with Crippen LogP contribution in [0.4, 0.5) is 10.8 Å². The molecule has 1 atom stereocenters. The Hall–Kier alpha value is -1.98. The number of pyridine rings is 1. The Balaban J connectivity index is 1.90. The van der Waals surface area contributed by atoms with Crippen molar-refractivity contribution in [1.82, 2.24) is 9.97 Å². The maximum Gasteiger partial charge on any atom is 0.189 e. The molecule has 0 amide bonds. The molecule has 96 valence electrons. The molecule has 2 aromatic heterocycles. The fraction of sp³-hybridized carbons (Fsp3) is 0.143. The van der Waals surface area contributed by atoms with E-state index in [9.17, 15) is 5.11 Å². The molecule has 2 heterocycles. The molecule has 2 N–H and O–H groups in total. The van der Waals surface area contributed by atoms with E-state index in [0.717, 1.165) is 26.7 Å². The Morgan fingerprint density at radius 1 is 1.26 bits per heavy atom. The van der Waals surface area contributed by atoms with E-state index in [0.29, 0.717) is 0 Å². The second-order valence-corrected chi connectivity index (χ2v) is 5.25. The second kappa shape index (κ2) is 4.95. The van der Waals surface area contributed by atoms with Crippen molar-refractivity contribution < 1.29 is 5.11 Å². The minimum absolute atomic E-state index is 0.473. The van der Waals surface area contributed by atoms with Crippen LogP contribution in [0.2, 0.25) is 0 Å². The highest BCUT2D eigenvalue weighted by Gasteiger charge is 2.06. The molecule has 0 aliphatic rings. The molecule has 0 fully saturated rings. The van der Waals surface area contributed by atoms with Crippen molar-refractivity contribution in [3.63, 3.8) is 0 Å². The van der Waals surface area contributed by atoms with Gasteiger partial charge >= 0.3 is 0 Å². The summed E-state index contributed by atoms with van der Waals surface area (Å²) >= 11 is 1.51. The van der Waals surface area contributed by atoms with Crippen LogP contribution in [0.15, 0.2) is 42.6 Å². The minimum Gasteiger partial charge on any atom is -0.389 e. The zero-order valence-corrected chi connectivity index (χ0v) is 11.2. The Kier molecular flexibility index (Phi) is 3.15. The van der Waals surface area contributed by atoms with E-state index in [1.807, 2.05) is 36.4 Å². The molecule has 3 rings (SSSR count). The standard InChI is InChI=1S/C14H13N3OS/c1-9(18)10-4-2-5-11(8-10)16-14-17-12-6-3-7-15-13(12)19-14/h2-9,18H,1H3,(H,16,17). The summed E-state index contributed by atoms with van der Waals surface area (Å²) in [5.41, 5.74) is 2.68. The molecule has 0 bridgehead atoms. The lowest BCUT2D eigenvalue weighted by atomic mass is 10.1. The number of aliphatic hydroxyl groups excluding tert-OH is 1. The maximum absolute atomic E-state index is 9.58. The molecule has 0 aliphatic carbocycles. The SMILES string of the molecule is CC(O)c1cccc(Nc2nc3cccnc3s2)c1. The largest absolute Gasteiger partial charge is 0.389 e. The fourth-order valence-corrected chi connectivity index (χ4v) is 2.65. The van der Waals surface area contributed by atoms with Gasteiger partial charge in [0.25, 0.3) is 0 Å². The van der Waals surface area contributed by atoms with E-state index in [2.05, 4.69) is 15.3 Å². The molecule has 4 nitrogen and oxygen atoms in total. The van der Waals surface area contributed by atoms with E-state index in [1.165, 1.54) is 11.3 Å². The van der Waals surface area contributed by atoms with Gasteiger partial charge in [-0.1, -0.05) is 23.5 Å². The number of thiazole rings is 1. The van der Waals surface area contributed by atoms with Crippen molar-refractivity contribution in [3.05, 3.63) is 48.2 Å². The molecule has 0 saturated heterocycles. The van der Waals surface area contributed by atoms with Gasteiger partial charge in [0.05, 0.1) is 6.10 Å². The van der Waals surface area contributed by atoms with Crippen LogP contribution >= 0.6 is 11.3 Å². The fourth-order valence-electron chi connectivity index (χ4n) is 1.82. The smallest absolute Gasteiger partial charge is 0.189 e. The van der Waals surface area contributed by atoms with E-state index < -0.39 is 6.10 Å². The highest BCUT2D eigenvalue weighted by molar-refractivity contribution is 7.21. The van der Waals surface area contributed by atoms with Crippen molar-refractivity contribution in [3.8, 4) is 0 Å². The topological polar surface area (TPSA) is 58.0 Å². The quantitative estimate of drug-likeness (QED) is 0.765. The molecule has 3 aromatic rings. The summed E-state index contributed by atoms with van der Waals surface area (Å²) in [5, 5.41) is 13.6. The van der Waals surface area contributed by atoms with Crippen molar-refractivity contribution in [2.24, 2.45) is 0 Å². The van der Waals surface area contributed by atoms with Crippen LogP contribution in [0.25, 0.3) is 10.3 Å². The van der Waals surface area contributed by atoms with Crippen LogP contribution in [-0.2, 0) is 0 Å². The lowest BCUT2D eigenvalue weighted by molar-refractivity contribution is 0.199. The van der Waals surface area contributed by atoms with Gasteiger partial charge in [0.1, 0.15) is 10.3 Å². The number of nitrogens with one attached hydrogen (secondary N) is 1. The molecular formula is C14H13N3OS. The molecule has 19 heavy (non-hydrogen) atoms. The third-order valence-electron chi connectivity index (χ3n) is 2.79. The van der Waals surface area contributed by atoms with E-state index in [1.54, 1.807) is 13.1 Å². The minimum atomic E-state index is -0.473. The number of aromatic nitrogens is 2. The summed E-state index contributed by atoms with van der Waals surface area (Å²) in [6, 6.07) is 11.5. The van der Waals surface area contributed by atoms with Gasteiger partial charge in [-0.3, -0.25) is 0 Å². The third kappa shape index (κ3) is 2.57. The Morgan fingerprint density at radius 3 is 2.95 bits per heavy atom. The van der Waals surface area contributed by atoms with Gasteiger partial charge in [0.15, 0.2) is 5.13 Å². The van der Waals surface area contributed by atoms with E-state index in [-0.39, 0.29) is 0 Å². The summed E-state index contributed by atoms with van der Waals surface area (Å²) in [6.45, 7) is 1.75. The third-order valence-corrected chi connectivity index (χ3v) is 3.68. The van der Waals surface area contributed by atoms with Crippen LogP contribution in [0.3, 0.4) is 0 Å². The monoisotopic (exact) mass is 271 g/mol. The molecule has 0 spiro atoms. The normalized spacial score (nSPS) is 12.5. The lowest BCUT2D eigenvalue weighted by Crippen LogP contribution is -1.94. The van der Waals surface area contributed by atoms with E-state index in [4.69, 9.17) is 0 Å². The van der Waals surface area contributed by atoms with Gasteiger partial charge in [-0.25, -0.2) is 9.97 Å². The summed E-state index contributed by atoms with van der Waals surface area (Å²) in [4.78, 5) is 9.64. The van der Waals surface area contributed by atoms with Gasteiger partial charge in [0, 0.05) is 11.9 Å². The van der Waals surface area contributed by atoms with Gasteiger partial charge in [-0.2, -0.15) is 0 Å². The first kappa shape index (κ1) is 12.1. The second-order valence-electron chi connectivity index (χ2n) is 4.27. The highest BCUT2D eigenvalue weighted by atomic mass is 32.1. The summed E-state index contributed by atoms with van der Waals surface area (Å²) in [7, 11) is 0. The van der Waals surface area contributed by atoms with Gasteiger partial charge in [0.2, 0.25) is 0 Å². The molecular weight excluding hydrogens is 258 g/mol. The molecule has 0 radical (unpaired) electrons. The first-order valence-corrected chi connectivity index (χ1v) is 6.80. The molecule has 5 heteroatoms. The molecule has 1 unspecified atom stereocenters. The van der Waals surface area contributed by atoms with Crippen molar-refractivity contribution in [1.29, 1.82) is 0 Å². The van der Waals surface area contributed by atoms with Gasteiger partial charge in [-0.05, 0) is 36.8 Å². The Labute approximate surface area is 114 Å². The number of hydrogen-bond donors (Lipinski definition) is 2. The lowest BCUT2D eigenvalue weighted by Gasteiger charge is -2.07. The highest BCUT2D eigenvalue weighted by Crippen LogP contribution is 2.27. The average Bonchev–Trinajstić information content (AvgIpc) is 2.81. The van der Waals surface area contributed by atoms with Crippen LogP contribution in [0, 0.1) is 0 Å². The summed E-state index contributed by atoms with van der Waals surface area (Å²) in [5.74, 6) is 0. The summed E-state index contributed by atoms with van der Waals surface area (Å²) < 4.78 is 0. The van der Waals surface area contributed by atoms with Crippen molar-refractivity contribution in [2.45, 2.75) is 13.0 Å². The van der Waals surface area contributed by atoms with Crippen molar-refractivity contribution in [2.75, 3.05) is 5.32 Å². The average molecular weight is 271 g/mol. The van der Waals surface area contributed by atoms with Crippen LogP contribution < -0.4 is 5.32 Å². The number of nitrogens with zero attached hydrogens (tertiary/aromatic N) is 2. The first-order chi connectivity index (χ1) is 9.22. The number of anilines is 2. The van der Waals surface area contributed by atoms with E-state index >= 15 is 0 Å². The van der Waals surface area contributed by atoms with Crippen LogP contribution in [0.1, 0.15) is 18.6 Å². The Morgan fingerprint density at radius 2 is 2.16 bits per heavy atom. The van der Waals surface area contributed by atoms with Gasteiger partial charge < -0.3 is 10.4 Å². The van der Waals surface area contributed by atoms with Crippen LogP contribution in [-0.4, -0.2) is 15.1 Å². The van der Waals surface area contributed by atoms with Crippen LogP contribution in [0.5, 0.6) is 0 Å². The predicted molar refractivity (Wildman–Crippen MR) is 77.8 cm³/mol. The molecule has 1 aromatic carbocycles. The first-order valence-electron chi connectivity index (χ1n) is 5.99. The predicted octanol–water partition coefficient (Wildman–Crippen LogP) is 3.49. The number of benzene rings is 1. The number of rotatable bonds is 3. The number of hydrogen-bond acceptors (Lipinski definition) is 5. The van der Waals surface area contributed by atoms with Gasteiger partial charge in [-0.15, -0.1) is 0 Å². The zero-order chi connectivity index (χ0) is 13.2. The number of aliphatic hydroxyl groups is 1. The summed E-state index contributed by atoms with van der Waals surface area (Å²) in [6.07, 6.45) is 1.29. The zero-order valence-electron chi connectivity index (χ0n) is 10.4. The maximum atomic E-state index is 9.58. The van der Waals surface area contributed by atoms with Crippen molar-refractivity contribution >= 4 is 32.5 Å². The Bertz CT molecular complexity index is 675. The molecule has 0 saturated carbocycles. The number of fused-ring (bicyclic) bond motifs is 1. The molecule has 0 aliphatic heterocycles.